The maximum atomic E-state index is 9.90. The van der Waals surface area contributed by atoms with E-state index in [-0.39, 0.29) is 0 Å². The third-order valence-corrected chi connectivity index (χ3v) is 1.60. The molecule has 3 heteroatoms. The minimum absolute atomic E-state index is 0.452. The summed E-state index contributed by atoms with van der Waals surface area (Å²) in [5.74, 6) is 4.89. The van der Waals surface area contributed by atoms with Crippen molar-refractivity contribution in [3.05, 3.63) is 28.8 Å². The highest BCUT2D eigenvalue weighted by Gasteiger charge is 1.94. The van der Waals surface area contributed by atoms with E-state index < -0.39 is 0 Å². The van der Waals surface area contributed by atoms with E-state index in [0.29, 0.717) is 22.6 Å². The van der Waals surface area contributed by atoms with Crippen LogP contribution in [0.25, 0.3) is 0 Å². The molecule has 0 heterocycles. The van der Waals surface area contributed by atoms with Gasteiger partial charge in [-0.05, 0) is 24.1 Å². The summed E-state index contributed by atoms with van der Waals surface area (Å²) in [4.78, 5) is 9.90. The number of carbonyl (C=O) groups excluding carboxylic acids is 1. The number of hydrogen-bond donors (Lipinski definition) is 1. The van der Waals surface area contributed by atoms with Gasteiger partial charge in [-0.25, -0.2) is 0 Å². The molecule has 0 saturated heterocycles. The maximum absolute atomic E-state index is 9.90. The first-order chi connectivity index (χ1) is 5.74. The maximum Gasteiger partial charge on any atom is 0.193 e. The van der Waals surface area contributed by atoms with Crippen LogP contribution in [0, 0.1) is 11.8 Å². The average Bonchev–Trinajstić information content (AvgIpc) is 2.07. The largest absolute Gasteiger partial charge is 0.398 e. The normalized spacial score (nSPS) is 8.42. The van der Waals surface area contributed by atoms with Crippen molar-refractivity contribution in [2.75, 3.05) is 5.73 Å². The van der Waals surface area contributed by atoms with Crippen LogP contribution in [-0.4, -0.2) is 6.29 Å². The smallest absolute Gasteiger partial charge is 0.193 e. The molecule has 0 amide bonds. The molecule has 0 aliphatic rings. The summed E-state index contributed by atoms with van der Waals surface area (Å²) in [6, 6.07) is 4.97. The van der Waals surface area contributed by atoms with Gasteiger partial charge in [0.25, 0.3) is 0 Å². The number of carbonyl (C=O) groups is 1. The lowest BCUT2D eigenvalue weighted by Crippen LogP contribution is -1.86. The Hall–Kier alpha value is -1.46. The molecule has 1 aromatic carbocycles. The first-order valence-corrected chi connectivity index (χ1v) is 3.62. The van der Waals surface area contributed by atoms with Crippen LogP contribution in [0.1, 0.15) is 5.56 Å². The lowest BCUT2D eigenvalue weighted by molar-refractivity contribution is -0.103. The van der Waals surface area contributed by atoms with Crippen LogP contribution in [-0.2, 0) is 4.79 Å². The number of rotatable bonds is 0. The fourth-order valence-corrected chi connectivity index (χ4v) is 0.898. The highest BCUT2D eigenvalue weighted by Crippen LogP contribution is 2.18. The highest BCUT2D eigenvalue weighted by molar-refractivity contribution is 6.33. The standard InChI is InChI=1S/C9H6ClNO/c10-8-6-7(2-1-5-12)3-4-9(8)11/h3-6H,11H2. The van der Waals surface area contributed by atoms with Crippen LogP contribution >= 0.6 is 11.6 Å². The topological polar surface area (TPSA) is 43.1 Å². The van der Waals surface area contributed by atoms with Gasteiger partial charge in [0.05, 0.1) is 10.7 Å². The molecule has 0 aliphatic heterocycles. The van der Waals surface area contributed by atoms with Crippen molar-refractivity contribution in [3.8, 4) is 11.8 Å². The molecule has 0 spiro atoms. The Morgan fingerprint density at radius 1 is 1.50 bits per heavy atom. The van der Waals surface area contributed by atoms with Gasteiger partial charge in [-0.1, -0.05) is 17.5 Å². The van der Waals surface area contributed by atoms with Gasteiger partial charge in [0.1, 0.15) is 0 Å². The second kappa shape index (κ2) is 3.80. The van der Waals surface area contributed by atoms with Crippen molar-refractivity contribution >= 4 is 23.6 Å². The van der Waals surface area contributed by atoms with Gasteiger partial charge in [-0.2, -0.15) is 0 Å². The Kier molecular flexibility index (Phi) is 2.73. The van der Waals surface area contributed by atoms with E-state index >= 15 is 0 Å². The molecular formula is C9H6ClNO. The third-order valence-electron chi connectivity index (χ3n) is 1.28. The fraction of sp³-hybridized carbons (Fsp3) is 0. The van der Waals surface area contributed by atoms with Gasteiger partial charge in [-0.3, -0.25) is 4.79 Å². The summed E-state index contributed by atoms with van der Waals surface area (Å²) >= 11 is 5.71. The predicted octanol–water partition coefficient (Wildman–Crippen LogP) is 1.47. The number of aldehydes is 1. The summed E-state index contributed by atoms with van der Waals surface area (Å²) in [7, 11) is 0. The lowest BCUT2D eigenvalue weighted by Gasteiger charge is -1.96. The van der Waals surface area contributed by atoms with E-state index in [9.17, 15) is 4.79 Å². The molecule has 0 unspecified atom stereocenters. The van der Waals surface area contributed by atoms with E-state index in [1.54, 1.807) is 18.2 Å². The molecule has 1 aromatic rings. The Morgan fingerprint density at radius 2 is 2.25 bits per heavy atom. The second-order valence-electron chi connectivity index (χ2n) is 2.12. The van der Waals surface area contributed by atoms with Crippen LogP contribution in [0.4, 0.5) is 5.69 Å². The summed E-state index contributed by atoms with van der Waals surface area (Å²) in [5.41, 5.74) is 6.66. The van der Waals surface area contributed by atoms with Crippen molar-refractivity contribution in [1.82, 2.24) is 0 Å². The highest BCUT2D eigenvalue weighted by atomic mass is 35.5. The van der Waals surface area contributed by atoms with E-state index in [0.717, 1.165) is 0 Å². The Labute approximate surface area is 75.3 Å². The van der Waals surface area contributed by atoms with Crippen molar-refractivity contribution in [3.63, 3.8) is 0 Å². The van der Waals surface area contributed by atoms with Gasteiger partial charge in [0.2, 0.25) is 0 Å². The number of nitrogens with two attached hydrogens (primary N) is 1. The third kappa shape index (κ3) is 2.01. The molecule has 0 fully saturated rings. The SMILES string of the molecule is Nc1ccc(C#CC=O)cc1Cl. The number of halogens is 1. The van der Waals surface area contributed by atoms with E-state index in [2.05, 4.69) is 11.8 Å². The minimum atomic E-state index is 0.452. The van der Waals surface area contributed by atoms with Gasteiger partial charge >= 0.3 is 0 Å². The monoisotopic (exact) mass is 179 g/mol. The molecule has 0 aromatic heterocycles. The van der Waals surface area contributed by atoms with Crippen LogP contribution in [0.15, 0.2) is 18.2 Å². The molecule has 0 radical (unpaired) electrons. The first-order valence-electron chi connectivity index (χ1n) is 3.24. The fourth-order valence-electron chi connectivity index (χ4n) is 0.718. The zero-order valence-electron chi connectivity index (χ0n) is 6.17. The number of nitrogen functional groups attached to an aromatic ring is 1. The van der Waals surface area contributed by atoms with Crippen molar-refractivity contribution in [2.24, 2.45) is 0 Å². The van der Waals surface area contributed by atoms with E-state index in [4.69, 9.17) is 17.3 Å². The van der Waals surface area contributed by atoms with Gasteiger partial charge < -0.3 is 5.73 Å². The molecular weight excluding hydrogens is 174 g/mol. The molecule has 0 saturated carbocycles. The Bertz CT molecular complexity index is 363. The quantitative estimate of drug-likeness (QED) is 0.372. The summed E-state index contributed by atoms with van der Waals surface area (Å²) in [6.45, 7) is 0. The van der Waals surface area contributed by atoms with Gasteiger partial charge in [0.15, 0.2) is 6.29 Å². The van der Waals surface area contributed by atoms with Crippen LogP contribution in [0.2, 0.25) is 5.02 Å². The number of hydrogen-bond acceptors (Lipinski definition) is 2. The summed E-state index contributed by atoms with van der Waals surface area (Å²) in [6.07, 6.45) is 0.532. The predicted molar refractivity (Wildman–Crippen MR) is 48.8 cm³/mol. The zero-order valence-corrected chi connectivity index (χ0v) is 6.93. The molecule has 0 aliphatic carbocycles. The van der Waals surface area contributed by atoms with E-state index in [1.807, 2.05) is 0 Å². The molecule has 0 atom stereocenters. The number of benzene rings is 1. The van der Waals surface area contributed by atoms with Crippen LogP contribution in [0.5, 0.6) is 0 Å². The van der Waals surface area contributed by atoms with Crippen molar-refractivity contribution in [1.29, 1.82) is 0 Å². The first kappa shape index (κ1) is 8.63. The molecule has 0 bridgehead atoms. The molecule has 2 N–H and O–H groups in total. The summed E-state index contributed by atoms with van der Waals surface area (Å²) < 4.78 is 0. The van der Waals surface area contributed by atoms with E-state index in [1.165, 1.54) is 0 Å². The van der Waals surface area contributed by atoms with Crippen molar-refractivity contribution < 1.29 is 4.79 Å². The lowest BCUT2D eigenvalue weighted by atomic mass is 10.2. The molecule has 60 valence electrons. The van der Waals surface area contributed by atoms with Gasteiger partial charge in [0, 0.05) is 5.56 Å². The van der Waals surface area contributed by atoms with Crippen LogP contribution < -0.4 is 5.73 Å². The number of anilines is 1. The molecule has 2 nitrogen and oxygen atoms in total. The Morgan fingerprint density at radius 3 is 2.83 bits per heavy atom. The van der Waals surface area contributed by atoms with Crippen molar-refractivity contribution in [2.45, 2.75) is 0 Å². The summed E-state index contributed by atoms with van der Waals surface area (Å²) in [5, 5.41) is 0.452. The molecule has 12 heavy (non-hydrogen) atoms. The van der Waals surface area contributed by atoms with Crippen LogP contribution in [0.3, 0.4) is 0 Å². The zero-order chi connectivity index (χ0) is 8.97. The minimum Gasteiger partial charge on any atom is -0.398 e. The molecule has 1 rings (SSSR count). The Balaban J connectivity index is 3.04. The van der Waals surface area contributed by atoms with Gasteiger partial charge in [-0.15, -0.1) is 0 Å². The second-order valence-corrected chi connectivity index (χ2v) is 2.53. The average molecular weight is 180 g/mol.